The molecule has 0 radical (unpaired) electrons. The first kappa shape index (κ1) is 7.07. The van der Waals surface area contributed by atoms with Crippen molar-refractivity contribution in [2.45, 2.75) is 31.6 Å². The predicted molar refractivity (Wildman–Crippen MR) is 37.7 cm³/mol. The van der Waals surface area contributed by atoms with E-state index in [9.17, 15) is 4.79 Å². The lowest BCUT2D eigenvalue weighted by Gasteiger charge is -2.19. The molecule has 0 heterocycles. The highest BCUT2D eigenvalue weighted by Gasteiger charge is 2.23. The first-order valence-corrected chi connectivity index (χ1v) is 3.80. The van der Waals surface area contributed by atoms with Gasteiger partial charge in [-0.1, -0.05) is 6.92 Å². The van der Waals surface area contributed by atoms with Crippen LogP contribution >= 0.6 is 11.6 Å². The van der Waals surface area contributed by atoms with E-state index in [2.05, 4.69) is 6.92 Å². The summed E-state index contributed by atoms with van der Waals surface area (Å²) in [4.78, 5) is 10.9. The molecule has 2 heteroatoms. The molecule has 52 valence electrons. The van der Waals surface area contributed by atoms with Gasteiger partial charge in [-0.25, -0.2) is 0 Å². The van der Waals surface area contributed by atoms with Gasteiger partial charge in [-0.2, -0.15) is 0 Å². The van der Waals surface area contributed by atoms with Crippen molar-refractivity contribution >= 4 is 17.4 Å². The molecule has 0 N–H and O–H groups in total. The summed E-state index contributed by atoms with van der Waals surface area (Å²) < 4.78 is 0. The third-order valence-electron chi connectivity index (χ3n) is 1.81. The zero-order valence-electron chi connectivity index (χ0n) is 5.56. The summed E-state index contributed by atoms with van der Waals surface area (Å²) in [6.07, 6.45) is 2.68. The molecule has 1 nitrogen and oxygen atoms in total. The molecule has 0 aromatic rings. The number of ketones is 1. The lowest BCUT2D eigenvalue weighted by atomic mass is 9.90. The number of halogens is 1. The molecule has 1 aliphatic rings. The van der Waals surface area contributed by atoms with Crippen molar-refractivity contribution < 1.29 is 4.79 Å². The molecule has 2 atom stereocenters. The van der Waals surface area contributed by atoms with Crippen LogP contribution in [0.3, 0.4) is 0 Å². The highest BCUT2D eigenvalue weighted by Crippen LogP contribution is 2.23. The first-order valence-electron chi connectivity index (χ1n) is 3.37. The summed E-state index contributed by atoms with van der Waals surface area (Å²) in [6.45, 7) is 2.10. The van der Waals surface area contributed by atoms with Crippen LogP contribution < -0.4 is 0 Å². The molecule has 0 aromatic heterocycles. The van der Waals surface area contributed by atoms with Gasteiger partial charge in [0.2, 0.25) is 0 Å². The summed E-state index contributed by atoms with van der Waals surface area (Å²) in [5, 5.41) is -0.179. The number of alkyl halides is 1. The molecule has 0 bridgehead atoms. The Morgan fingerprint density at radius 2 is 2.22 bits per heavy atom. The SMILES string of the molecule is CC1CCC(Cl)C(=O)C1. The Kier molecular flexibility index (Phi) is 2.12. The highest BCUT2D eigenvalue weighted by atomic mass is 35.5. The number of Topliss-reactive ketones (excluding diaryl/α,β-unsaturated/α-hetero) is 1. The maximum atomic E-state index is 10.9. The number of hydrogen-bond donors (Lipinski definition) is 0. The van der Waals surface area contributed by atoms with Crippen LogP contribution in [0.5, 0.6) is 0 Å². The van der Waals surface area contributed by atoms with Crippen LogP contribution in [0.15, 0.2) is 0 Å². The standard InChI is InChI=1S/C7H11ClO/c1-5-2-3-6(8)7(9)4-5/h5-6H,2-4H2,1H3. The molecule has 0 aliphatic heterocycles. The van der Waals surface area contributed by atoms with Crippen molar-refractivity contribution in [3.05, 3.63) is 0 Å². The van der Waals surface area contributed by atoms with Crippen molar-refractivity contribution in [1.29, 1.82) is 0 Å². The molecule has 2 unspecified atom stereocenters. The second kappa shape index (κ2) is 2.70. The second-order valence-electron chi connectivity index (χ2n) is 2.82. The predicted octanol–water partition coefficient (Wildman–Crippen LogP) is 1.98. The van der Waals surface area contributed by atoms with E-state index in [1.54, 1.807) is 0 Å². The number of rotatable bonds is 0. The van der Waals surface area contributed by atoms with Gasteiger partial charge in [-0.15, -0.1) is 11.6 Å². The Morgan fingerprint density at radius 1 is 1.56 bits per heavy atom. The Labute approximate surface area is 60.4 Å². The van der Waals surface area contributed by atoms with E-state index in [0.29, 0.717) is 12.3 Å². The van der Waals surface area contributed by atoms with Gasteiger partial charge in [-0.3, -0.25) is 4.79 Å². The fourth-order valence-electron chi connectivity index (χ4n) is 1.17. The maximum absolute atomic E-state index is 10.9. The molecule has 1 aliphatic carbocycles. The number of hydrogen-bond acceptors (Lipinski definition) is 1. The number of carbonyl (C=O) groups is 1. The number of carbonyl (C=O) groups excluding carboxylic acids is 1. The summed E-state index contributed by atoms with van der Waals surface area (Å²) in [5.74, 6) is 0.794. The van der Waals surface area contributed by atoms with Crippen molar-refractivity contribution in [1.82, 2.24) is 0 Å². The Bertz CT molecular complexity index is 122. The Balaban J connectivity index is 2.44. The molecule has 0 saturated heterocycles. The molecule has 0 spiro atoms. The van der Waals surface area contributed by atoms with Crippen molar-refractivity contribution in [2.75, 3.05) is 0 Å². The maximum Gasteiger partial charge on any atom is 0.150 e. The van der Waals surface area contributed by atoms with E-state index in [1.807, 2.05) is 0 Å². The van der Waals surface area contributed by atoms with E-state index < -0.39 is 0 Å². The van der Waals surface area contributed by atoms with Crippen LogP contribution in [0, 0.1) is 5.92 Å². The lowest BCUT2D eigenvalue weighted by Crippen LogP contribution is -2.23. The van der Waals surface area contributed by atoms with Crippen LogP contribution in [0.1, 0.15) is 26.2 Å². The molecular formula is C7H11ClO. The third-order valence-corrected chi connectivity index (χ3v) is 2.27. The lowest BCUT2D eigenvalue weighted by molar-refractivity contribution is -0.120. The molecule has 0 aromatic carbocycles. The Morgan fingerprint density at radius 3 is 2.67 bits per heavy atom. The average molecular weight is 147 g/mol. The molecule has 1 fully saturated rings. The molecule has 1 saturated carbocycles. The first-order chi connectivity index (χ1) is 4.20. The zero-order valence-corrected chi connectivity index (χ0v) is 6.32. The quantitative estimate of drug-likeness (QED) is 0.478. The largest absolute Gasteiger partial charge is 0.298 e. The second-order valence-corrected chi connectivity index (χ2v) is 3.35. The van der Waals surface area contributed by atoms with Crippen molar-refractivity contribution in [2.24, 2.45) is 5.92 Å². The summed E-state index contributed by atoms with van der Waals surface area (Å²) in [6, 6.07) is 0. The monoisotopic (exact) mass is 146 g/mol. The molecule has 1 rings (SSSR count). The van der Waals surface area contributed by atoms with E-state index in [4.69, 9.17) is 11.6 Å². The van der Waals surface area contributed by atoms with Crippen LogP contribution in [0.2, 0.25) is 0 Å². The highest BCUT2D eigenvalue weighted by molar-refractivity contribution is 6.31. The van der Waals surface area contributed by atoms with Gasteiger partial charge in [0, 0.05) is 6.42 Å². The van der Waals surface area contributed by atoms with Gasteiger partial charge in [0.15, 0.2) is 5.78 Å². The van der Waals surface area contributed by atoms with E-state index in [0.717, 1.165) is 12.8 Å². The van der Waals surface area contributed by atoms with Crippen LogP contribution in [-0.2, 0) is 4.79 Å². The topological polar surface area (TPSA) is 17.1 Å². The summed E-state index contributed by atoms with van der Waals surface area (Å²) in [5.41, 5.74) is 0. The zero-order chi connectivity index (χ0) is 6.85. The smallest absolute Gasteiger partial charge is 0.150 e. The molecule has 0 amide bonds. The summed E-state index contributed by atoms with van der Waals surface area (Å²) in [7, 11) is 0. The minimum absolute atomic E-state index is 0.179. The summed E-state index contributed by atoms with van der Waals surface area (Å²) >= 11 is 5.68. The van der Waals surface area contributed by atoms with Crippen molar-refractivity contribution in [3.8, 4) is 0 Å². The van der Waals surface area contributed by atoms with E-state index >= 15 is 0 Å². The van der Waals surface area contributed by atoms with Gasteiger partial charge >= 0.3 is 0 Å². The van der Waals surface area contributed by atoms with Gasteiger partial charge in [-0.05, 0) is 18.8 Å². The normalized spacial score (nSPS) is 36.9. The van der Waals surface area contributed by atoms with Gasteiger partial charge < -0.3 is 0 Å². The minimum atomic E-state index is -0.179. The fourth-order valence-corrected chi connectivity index (χ4v) is 1.38. The van der Waals surface area contributed by atoms with E-state index in [1.165, 1.54) is 0 Å². The van der Waals surface area contributed by atoms with Crippen molar-refractivity contribution in [3.63, 3.8) is 0 Å². The molecular weight excluding hydrogens is 136 g/mol. The van der Waals surface area contributed by atoms with E-state index in [-0.39, 0.29) is 11.2 Å². The Hall–Kier alpha value is -0.0400. The van der Waals surface area contributed by atoms with Crippen LogP contribution in [-0.4, -0.2) is 11.2 Å². The van der Waals surface area contributed by atoms with Gasteiger partial charge in [0.05, 0.1) is 5.38 Å². The van der Waals surface area contributed by atoms with Crippen LogP contribution in [0.25, 0.3) is 0 Å². The fraction of sp³-hybridized carbons (Fsp3) is 0.857. The average Bonchev–Trinajstić information content (AvgIpc) is 1.80. The van der Waals surface area contributed by atoms with Crippen LogP contribution in [0.4, 0.5) is 0 Å². The van der Waals surface area contributed by atoms with Gasteiger partial charge in [0.1, 0.15) is 0 Å². The third kappa shape index (κ3) is 1.68. The minimum Gasteiger partial charge on any atom is -0.298 e. The molecule has 9 heavy (non-hydrogen) atoms. The van der Waals surface area contributed by atoms with Gasteiger partial charge in [0.25, 0.3) is 0 Å².